The quantitative estimate of drug-likeness (QED) is 0.359. The van der Waals surface area contributed by atoms with Crippen molar-refractivity contribution in [1.82, 2.24) is 9.47 Å². The summed E-state index contributed by atoms with van der Waals surface area (Å²) in [7, 11) is 4.24. The zero-order valence-electron chi connectivity index (χ0n) is 24.0. The number of halogens is 3. The van der Waals surface area contributed by atoms with Crippen LogP contribution in [0.5, 0.6) is 0 Å². The Morgan fingerprint density at radius 1 is 1.12 bits per heavy atom. The number of hydrogen-bond acceptors (Lipinski definition) is 5. The maximum Gasteiger partial charge on any atom is 0.349 e. The number of alkyl halides is 2. The van der Waals surface area contributed by atoms with E-state index in [1.54, 1.807) is 6.07 Å². The summed E-state index contributed by atoms with van der Waals surface area (Å²) >= 11 is 0. The molecule has 0 radical (unpaired) electrons. The molecule has 3 amide bonds. The molecule has 1 aromatic heterocycles. The third-order valence-electron chi connectivity index (χ3n) is 6.25. The van der Waals surface area contributed by atoms with Gasteiger partial charge in [-0.3, -0.25) is 28.6 Å². The molecule has 0 saturated heterocycles. The van der Waals surface area contributed by atoms with Crippen molar-refractivity contribution in [3.05, 3.63) is 80.9 Å². The molecule has 3 rings (SSSR count). The van der Waals surface area contributed by atoms with Crippen LogP contribution in [0.2, 0.25) is 0 Å². The van der Waals surface area contributed by atoms with Crippen molar-refractivity contribution >= 4 is 41.1 Å². The number of aryl methyl sites for hydroxylation is 1. The number of primary amides is 1. The molecule has 3 N–H and O–H groups in total. The van der Waals surface area contributed by atoms with E-state index in [1.165, 1.54) is 57.2 Å². The molecule has 0 aliphatic carbocycles. The average molecular weight is 574 g/mol. The molecule has 220 valence electrons. The van der Waals surface area contributed by atoms with Crippen molar-refractivity contribution in [2.75, 3.05) is 24.3 Å². The van der Waals surface area contributed by atoms with Crippen molar-refractivity contribution in [3.8, 4) is 0 Å². The normalized spacial score (nSPS) is 10.8. The molecule has 41 heavy (non-hydrogen) atoms. The van der Waals surface area contributed by atoms with Gasteiger partial charge in [-0.2, -0.15) is 8.78 Å². The van der Waals surface area contributed by atoms with Crippen LogP contribution in [0.1, 0.15) is 47.8 Å². The Bertz CT molecular complexity index is 1520. The van der Waals surface area contributed by atoms with E-state index in [0.717, 1.165) is 27.2 Å². The fourth-order valence-electron chi connectivity index (χ4n) is 4.04. The number of nitrogens with zero attached hydrogens (tertiary/aromatic N) is 3. The summed E-state index contributed by atoms with van der Waals surface area (Å²) in [5.41, 5.74) is 3.47. The molecule has 0 spiro atoms. The lowest BCUT2D eigenvalue weighted by molar-refractivity contribution is -0.143. The lowest BCUT2D eigenvalue weighted by atomic mass is 10.0. The highest BCUT2D eigenvalue weighted by Gasteiger charge is 2.39. The smallest absolute Gasteiger partial charge is 0.349 e. The third kappa shape index (κ3) is 6.42. The molecule has 0 aliphatic heterocycles. The number of aromatic nitrogens is 1. The number of nitrogens with one attached hydrogen (secondary N) is 1. The second-order valence-electron chi connectivity index (χ2n) is 9.02. The minimum absolute atomic E-state index is 0.0365. The van der Waals surface area contributed by atoms with E-state index < -0.39 is 34.7 Å². The topological polar surface area (TPSA) is 118 Å². The van der Waals surface area contributed by atoms with Crippen molar-refractivity contribution in [2.45, 2.75) is 40.0 Å². The fraction of sp³-hybridized carbons (Fsp3) is 0.310. The summed E-state index contributed by atoms with van der Waals surface area (Å²) in [5.74, 6) is -7.38. The van der Waals surface area contributed by atoms with Gasteiger partial charge in [0.2, 0.25) is 6.41 Å². The molecule has 0 bridgehead atoms. The molecule has 2 aromatic carbocycles. The Labute approximate surface area is 236 Å². The highest BCUT2D eigenvalue weighted by atomic mass is 19.3. The van der Waals surface area contributed by atoms with Crippen molar-refractivity contribution in [3.63, 3.8) is 0 Å². The van der Waals surface area contributed by atoms with Crippen LogP contribution in [0.15, 0.2) is 47.3 Å². The molecule has 0 atom stereocenters. The lowest BCUT2D eigenvalue weighted by Gasteiger charge is -2.28. The number of pyridine rings is 1. The summed E-state index contributed by atoms with van der Waals surface area (Å²) in [6, 6.07) is 8.71. The molecule has 1 heterocycles. The maximum absolute atomic E-state index is 14.9. The van der Waals surface area contributed by atoms with Gasteiger partial charge in [-0.05, 0) is 43.2 Å². The third-order valence-corrected chi connectivity index (χ3v) is 6.25. The van der Waals surface area contributed by atoms with E-state index in [4.69, 9.17) is 5.73 Å². The highest BCUT2D eigenvalue weighted by molar-refractivity contribution is 6.08. The largest absolute Gasteiger partial charge is 0.364 e. The van der Waals surface area contributed by atoms with Gasteiger partial charge in [-0.25, -0.2) is 4.39 Å². The minimum atomic E-state index is -4.05. The Morgan fingerprint density at radius 3 is 2.27 bits per heavy atom. The Morgan fingerprint density at radius 2 is 1.76 bits per heavy atom. The zero-order chi connectivity index (χ0) is 31.2. The molecular formula is C29H34F3N5O4. The van der Waals surface area contributed by atoms with Crippen LogP contribution in [0.25, 0.3) is 0 Å². The van der Waals surface area contributed by atoms with Crippen LogP contribution in [-0.4, -0.2) is 41.8 Å². The predicted octanol–water partition coefficient (Wildman–Crippen LogP) is 4.74. The van der Waals surface area contributed by atoms with E-state index in [0.29, 0.717) is 6.42 Å². The predicted molar refractivity (Wildman–Crippen MR) is 153 cm³/mol. The monoisotopic (exact) mass is 573 g/mol. The van der Waals surface area contributed by atoms with Gasteiger partial charge >= 0.3 is 5.92 Å². The van der Waals surface area contributed by atoms with Crippen molar-refractivity contribution in [1.29, 1.82) is 0 Å². The standard InChI is InChI=1S/C27H28F3N5O4.C2H6/c1-6-16-10-11-20(19(28)12-16)32-23-21(25(38)33(3)4)22(15(2)24(37)34(23)5)35(14-36)18-9-7-8-17(13-18)27(29,30)26(31)39;1-2/h7-14,32H,6H2,1-5H3,(H2,31,39);1-2H3. The van der Waals surface area contributed by atoms with Crippen LogP contribution >= 0.6 is 0 Å². The molecule has 12 heteroatoms. The van der Waals surface area contributed by atoms with Crippen molar-refractivity contribution < 1.29 is 27.6 Å². The highest BCUT2D eigenvalue weighted by Crippen LogP contribution is 2.37. The molecule has 3 aromatic rings. The summed E-state index contributed by atoms with van der Waals surface area (Å²) in [6.07, 6.45) is 0.826. The first kappa shape index (κ1) is 32.6. The van der Waals surface area contributed by atoms with E-state index in [1.807, 2.05) is 20.8 Å². The van der Waals surface area contributed by atoms with Gasteiger partial charge in [0.25, 0.3) is 17.4 Å². The van der Waals surface area contributed by atoms with Gasteiger partial charge in [0, 0.05) is 38.0 Å². The molecule has 0 aliphatic rings. The van der Waals surface area contributed by atoms with Gasteiger partial charge in [0.1, 0.15) is 17.2 Å². The average Bonchev–Trinajstić information content (AvgIpc) is 2.96. The molecule has 9 nitrogen and oxygen atoms in total. The van der Waals surface area contributed by atoms with Gasteiger partial charge < -0.3 is 16.0 Å². The number of carbonyl (C=O) groups is 3. The number of carbonyl (C=O) groups excluding carboxylic acids is 3. The van der Waals surface area contributed by atoms with E-state index in [9.17, 15) is 32.3 Å². The SMILES string of the molecule is CC.CCc1ccc(Nc2c(C(=O)N(C)C)c(N(C=O)c3cccc(C(F)(F)C(N)=O)c3)c(C)c(=O)n2C)c(F)c1. The first-order valence-electron chi connectivity index (χ1n) is 12.8. The minimum Gasteiger partial charge on any atom is -0.364 e. The summed E-state index contributed by atoms with van der Waals surface area (Å²) in [5, 5.41) is 2.80. The number of rotatable bonds is 9. The molecule has 0 fully saturated rings. The molecule has 0 unspecified atom stereocenters. The van der Waals surface area contributed by atoms with Crippen LogP contribution < -0.4 is 21.5 Å². The second kappa shape index (κ2) is 13.2. The number of benzene rings is 2. The van der Waals surface area contributed by atoms with Gasteiger partial charge in [0.15, 0.2) is 0 Å². The summed E-state index contributed by atoms with van der Waals surface area (Å²) in [4.78, 5) is 52.6. The van der Waals surface area contributed by atoms with E-state index >= 15 is 0 Å². The Kier molecular flexibility index (Phi) is 10.5. The van der Waals surface area contributed by atoms with Crippen molar-refractivity contribution in [2.24, 2.45) is 12.8 Å². The maximum atomic E-state index is 14.9. The zero-order valence-corrected chi connectivity index (χ0v) is 24.0. The summed E-state index contributed by atoms with van der Waals surface area (Å²) < 4.78 is 44.8. The number of nitrogens with two attached hydrogens (primary N) is 1. The van der Waals surface area contributed by atoms with Gasteiger partial charge in [0.05, 0.1) is 11.4 Å². The molecular weight excluding hydrogens is 539 g/mol. The van der Waals surface area contributed by atoms with Crippen LogP contribution in [-0.2, 0) is 29.0 Å². The second-order valence-corrected chi connectivity index (χ2v) is 9.02. The van der Waals surface area contributed by atoms with E-state index in [2.05, 4.69) is 5.32 Å². The van der Waals surface area contributed by atoms with Crippen LogP contribution in [0.4, 0.5) is 36.1 Å². The van der Waals surface area contributed by atoms with Gasteiger partial charge in [-0.1, -0.05) is 39.0 Å². The first-order valence-corrected chi connectivity index (χ1v) is 12.8. The summed E-state index contributed by atoms with van der Waals surface area (Å²) in [6.45, 7) is 7.22. The first-order chi connectivity index (χ1) is 19.3. The van der Waals surface area contributed by atoms with Crippen LogP contribution in [0.3, 0.4) is 0 Å². The van der Waals surface area contributed by atoms with Crippen LogP contribution in [0, 0.1) is 12.7 Å². The lowest BCUT2D eigenvalue weighted by Crippen LogP contribution is -2.34. The fourth-order valence-corrected chi connectivity index (χ4v) is 4.04. The number of anilines is 4. The Hall–Kier alpha value is -4.61. The number of hydrogen-bond donors (Lipinski definition) is 2. The Balaban J connectivity index is 0.00000287. The molecule has 0 saturated carbocycles. The van der Waals surface area contributed by atoms with Gasteiger partial charge in [-0.15, -0.1) is 0 Å². The van der Waals surface area contributed by atoms with E-state index in [-0.39, 0.29) is 40.4 Å². The number of amides is 3.